The summed E-state index contributed by atoms with van der Waals surface area (Å²) in [6.07, 6.45) is 3.85. The van der Waals surface area contributed by atoms with Gasteiger partial charge in [0.2, 0.25) is 6.54 Å². The van der Waals surface area contributed by atoms with E-state index < -0.39 is 11.0 Å². The van der Waals surface area contributed by atoms with Crippen molar-refractivity contribution in [3.63, 3.8) is 0 Å². The van der Waals surface area contributed by atoms with Gasteiger partial charge < -0.3 is 0 Å². The zero-order chi connectivity index (χ0) is 15.7. The zero-order valence-corrected chi connectivity index (χ0v) is 13.2. The second kappa shape index (κ2) is 6.22. The normalized spacial score (nSPS) is 15.4. The number of aryl methyl sites for hydroxylation is 2. The third-order valence-electron chi connectivity index (χ3n) is 3.79. The summed E-state index contributed by atoms with van der Waals surface area (Å²) >= 11 is 12.4. The lowest BCUT2D eigenvalue weighted by Crippen LogP contribution is -2.23. The maximum Gasteiger partial charge on any atom is 0.232 e. The third kappa shape index (κ3) is 2.94. The number of hydrogen-bond acceptors (Lipinski definition) is 4. The molecule has 1 aliphatic carbocycles. The van der Waals surface area contributed by atoms with Gasteiger partial charge in [0.1, 0.15) is 0 Å². The highest BCUT2D eigenvalue weighted by Gasteiger charge is 2.28. The molecular weight excluding hydrogens is 327 g/mol. The standard InChI is InChI=1S/C14H14Cl2N4O2/c15-9-4-3-5-10(16)14(9)13(8-19(21)22)20-17-11-6-1-2-7-12(11)18-20/h3-5,13H,1-2,6-8H2/t13-/m0/s1. The first-order valence-corrected chi connectivity index (χ1v) is 7.82. The molecule has 1 aromatic heterocycles. The van der Waals surface area contributed by atoms with Crippen LogP contribution in [0.25, 0.3) is 0 Å². The third-order valence-corrected chi connectivity index (χ3v) is 4.45. The van der Waals surface area contributed by atoms with Gasteiger partial charge in [0.05, 0.1) is 11.4 Å². The molecule has 0 saturated carbocycles. The van der Waals surface area contributed by atoms with Gasteiger partial charge in [-0.15, -0.1) is 0 Å². The zero-order valence-electron chi connectivity index (χ0n) is 11.7. The Hall–Kier alpha value is -1.66. The minimum absolute atomic E-state index is 0.364. The molecule has 0 amide bonds. The van der Waals surface area contributed by atoms with Gasteiger partial charge in [-0.05, 0) is 37.8 Å². The van der Waals surface area contributed by atoms with E-state index in [0.29, 0.717) is 15.6 Å². The number of halogens is 2. The van der Waals surface area contributed by atoms with Crippen LogP contribution in [0.1, 0.15) is 35.8 Å². The summed E-state index contributed by atoms with van der Waals surface area (Å²) < 4.78 is 0. The van der Waals surface area contributed by atoms with Crippen molar-refractivity contribution in [2.24, 2.45) is 0 Å². The molecule has 6 nitrogen and oxygen atoms in total. The molecule has 0 N–H and O–H groups in total. The van der Waals surface area contributed by atoms with E-state index in [1.54, 1.807) is 18.2 Å². The van der Waals surface area contributed by atoms with Crippen molar-refractivity contribution < 1.29 is 4.92 Å². The topological polar surface area (TPSA) is 73.8 Å². The van der Waals surface area contributed by atoms with Crippen molar-refractivity contribution in [2.75, 3.05) is 6.54 Å². The molecule has 0 bridgehead atoms. The fourth-order valence-corrected chi connectivity index (χ4v) is 3.40. The highest BCUT2D eigenvalue weighted by molar-refractivity contribution is 6.36. The summed E-state index contributed by atoms with van der Waals surface area (Å²) in [4.78, 5) is 12.1. The number of nitro groups is 1. The second-order valence-electron chi connectivity index (χ2n) is 5.29. The molecule has 1 aromatic carbocycles. The van der Waals surface area contributed by atoms with Crippen LogP contribution in [0.3, 0.4) is 0 Å². The van der Waals surface area contributed by atoms with Gasteiger partial charge in [-0.3, -0.25) is 10.1 Å². The minimum Gasteiger partial charge on any atom is -0.264 e. The molecule has 0 aliphatic heterocycles. The van der Waals surface area contributed by atoms with Crippen molar-refractivity contribution in [3.8, 4) is 0 Å². The fourth-order valence-electron chi connectivity index (χ4n) is 2.75. The van der Waals surface area contributed by atoms with E-state index in [9.17, 15) is 10.1 Å². The maximum absolute atomic E-state index is 11.1. The van der Waals surface area contributed by atoms with Gasteiger partial charge in [-0.25, -0.2) is 0 Å². The first kappa shape index (κ1) is 15.2. The Morgan fingerprint density at radius 2 is 1.73 bits per heavy atom. The maximum atomic E-state index is 11.1. The Bertz CT molecular complexity index is 673. The van der Waals surface area contributed by atoms with Crippen LogP contribution >= 0.6 is 23.2 Å². The summed E-state index contributed by atoms with van der Waals surface area (Å²) in [5.74, 6) is 0. The average molecular weight is 341 g/mol. The molecule has 2 aromatic rings. The van der Waals surface area contributed by atoms with E-state index in [-0.39, 0.29) is 6.54 Å². The van der Waals surface area contributed by atoms with E-state index in [1.807, 2.05) is 0 Å². The van der Waals surface area contributed by atoms with Crippen LogP contribution in [0.15, 0.2) is 18.2 Å². The second-order valence-corrected chi connectivity index (χ2v) is 6.10. The van der Waals surface area contributed by atoms with E-state index in [4.69, 9.17) is 23.2 Å². The van der Waals surface area contributed by atoms with Crippen LogP contribution in [0.5, 0.6) is 0 Å². The SMILES string of the molecule is O=[N+]([O-])C[C@@H](c1c(Cl)cccc1Cl)n1nc2c(n1)CCCC2. The van der Waals surface area contributed by atoms with E-state index in [0.717, 1.165) is 37.1 Å². The quantitative estimate of drug-likeness (QED) is 0.632. The van der Waals surface area contributed by atoms with Crippen LogP contribution in [0, 0.1) is 10.1 Å². The Morgan fingerprint density at radius 3 is 2.23 bits per heavy atom. The van der Waals surface area contributed by atoms with Gasteiger partial charge in [0, 0.05) is 20.5 Å². The Balaban J connectivity index is 2.07. The van der Waals surface area contributed by atoms with Crippen molar-refractivity contribution in [1.29, 1.82) is 0 Å². The smallest absolute Gasteiger partial charge is 0.232 e. The van der Waals surface area contributed by atoms with Gasteiger partial charge in [0.15, 0.2) is 6.04 Å². The number of nitrogens with zero attached hydrogens (tertiary/aromatic N) is 4. The van der Waals surface area contributed by atoms with Gasteiger partial charge >= 0.3 is 0 Å². The number of aromatic nitrogens is 3. The Morgan fingerprint density at radius 1 is 1.18 bits per heavy atom. The van der Waals surface area contributed by atoms with Crippen molar-refractivity contribution in [3.05, 3.63) is 55.3 Å². The lowest BCUT2D eigenvalue weighted by atomic mass is 10.0. The number of rotatable bonds is 4. The predicted molar refractivity (Wildman–Crippen MR) is 83.1 cm³/mol. The first-order valence-electron chi connectivity index (χ1n) is 7.06. The predicted octanol–water partition coefficient (Wildman–Crippen LogP) is 3.33. The molecule has 0 radical (unpaired) electrons. The van der Waals surface area contributed by atoms with Crippen LogP contribution in [0.2, 0.25) is 10.0 Å². The Labute approximate surface area is 137 Å². The molecule has 0 unspecified atom stereocenters. The van der Waals surface area contributed by atoms with E-state index in [1.165, 1.54) is 4.80 Å². The van der Waals surface area contributed by atoms with Gasteiger partial charge in [-0.1, -0.05) is 29.3 Å². The Kier molecular flexibility index (Phi) is 4.31. The largest absolute Gasteiger partial charge is 0.264 e. The first-order chi connectivity index (χ1) is 10.6. The molecule has 22 heavy (non-hydrogen) atoms. The van der Waals surface area contributed by atoms with Crippen LogP contribution in [0.4, 0.5) is 0 Å². The molecule has 0 fully saturated rings. The van der Waals surface area contributed by atoms with Crippen LogP contribution in [-0.2, 0) is 12.8 Å². The summed E-state index contributed by atoms with van der Waals surface area (Å²) in [6.45, 7) is -0.364. The van der Waals surface area contributed by atoms with Crippen molar-refractivity contribution >= 4 is 23.2 Å². The summed E-state index contributed by atoms with van der Waals surface area (Å²) in [5, 5.41) is 20.7. The summed E-state index contributed by atoms with van der Waals surface area (Å²) in [5.41, 5.74) is 2.33. The number of fused-ring (bicyclic) bond motifs is 1. The lowest BCUT2D eigenvalue weighted by molar-refractivity contribution is -0.485. The van der Waals surface area contributed by atoms with Crippen LogP contribution < -0.4 is 0 Å². The molecule has 0 saturated heterocycles. The van der Waals surface area contributed by atoms with Gasteiger partial charge in [0.25, 0.3) is 0 Å². The molecule has 116 valence electrons. The van der Waals surface area contributed by atoms with Gasteiger partial charge in [-0.2, -0.15) is 15.0 Å². The number of benzene rings is 1. The van der Waals surface area contributed by atoms with Crippen molar-refractivity contribution in [2.45, 2.75) is 31.7 Å². The number of hydrogen-bond donors (Lipinski definition) is 0. The fraction of sp³-hybridized carbons (Fsp3) is 0.429. The highest BCUT2D eigenvalue weighted by Crippen LogP contribution is 2.32. The lowest BCUT2D eigenvalue weighted by Gasteiger charge is -2.15. The molecule has 3 rings (SSSR count). The summed E-state index contributed by atoms with van der Waals surface area (Å²) in [6, 6.07) is 4.33. The average Bonchev–Trinajstić information content (AvgIpc) is 2.89. The molecule has 8 heteroatoms. The molecular formula is C14H14Cl2N4O2. The molecule has 1 aliphatic rings. The summed E-state index contributed by atoms with van der Waals surface area (Å²) in [7, 11) is 0. The van der Waals surface area contributed by atoms with Crippen LogP contribution in [-0.4, -0.2) is 26.5 Å². The molecule has 1 heterocycles. The monoisotopic (exact) mass is 340 g/mol. The van der Waals surface area contributed by atoms with Crippen molar-refractivity contribution in [1.82, 2.24) is 15.0 Å². The molecule has 1 atom stereocenters. The van der Waals surface area contributed by atoms with E-state index in [2.05, 4.69) is 10.2 Å². The molecule has 0 spiro atoms. The highest BCUT2D eigenvalue weighted by atomic mass is 35.5. The minimum atomic E-state index is -0.707. The van der Waals surface area contributed by atoms with E-state index >= 15 is 0 Å².